The Bertz CT molecular complexity index is 972. The average molecular weight is 380 g/mol. The Morgan fingerprint density at radius 1 is 0.857 bits per heavy atom. The standard InChI is InChI=1S/C20H16N2O6/c23-15(14-6-7-16-17(10-14)28-9-8-27-16)12-22-19(25)18(24)21(20(22)26)11-13-4-2-1-3-5-13/h1-7,10H,8-9,11-12H2. The van der Waals surface area contributed by atoms with E-state index in [1.165, 1.54) is 12.1 Å². The van der Waals surface area contributed by atoms with Crippen molar-refractivity contribution in [3.63, 3.8) is 0 Å². The molecule has 2 heterocycles. The molecule has 2 aromatic carbocycles. The molecule has 8 nitrogen and oxygen atoms in total. The van der Waals surface area contributed by atoms with E-state index in [0.717, 1.165) is 4.90 Å². The normalized spacial score (nSPS) is 15.9. The zero-order valence-corrected chi connectivity index (χ0v) is 14.8. The van der Waals surface area contributed by atoms with Crippen LogP contribution in [0.25, 0.3) is 0 Å². The number of ketones is 1. The Kier molecular flexibility index (Phi) is 4.52. The minimum absolute atomic E-state index is 0.0288. The molecule has 0 N–H and O–H groups in total. The summed E-state index contributed by atoms with van der Waals surface area (Å²) in [6.07, 6.45) is 0. The minimum Gasteiger partial charge on any atom is -0.486 e. The maximum atomic E-state index is 12.6. The van der Waals surface area contributed by atoms with Crippen LogP contribution in [-0.4, -0.2) is 53.2 Å². The van der Waals surface area contributed by atoms with Crippen LogP contribution in [0.5, 0.6) is 11.5 Å². The van der Waals surface area contributed by atoms with E-state index in [9.17, 15) is 19.2 Å². The van der Waals surface area contributed by atoms with Crippen molar-refractivity contribution in [3.8, 4) is 11.5 Å². The number of amides is 4. The maximum absolute atomic E-state index is 12.6. The number of fused-ring (bicyclic) bond motifs is 1. The van der Waals surface area contributed by atoms with Gasteiger partial charge < -0.3 is 9.47 Å². The highest BCUT2D eigenvalue weighted by atomic mass is 16.6. The highest BCUT2D eigenvalue weighted by Gasteiger charge is 2.45. The van der Waals surface area contributed by atoms with Crippen molar-refractivity contribution < 1.29 is 28.7 Å². The third-order valence-corrected chi connectivity index (χ3v) is 4.48. The van der Waals surface area contributed by atoms with Crippen LogP contribution < -0.4 is 9.47 Å². The van der Waals surface area contributed by atoms with Gasteiger partial charge in [-0.05, 0) is 23.8 Å². The van der Waals surface area contributed by atoms with E-state index >= 15 is 0 Å². The predicted octanol–water partition coefficient (Wildman–Crippen LogP) is 1.63. The number of carbonyl (C=O) groups is 4. The molecule has 2 aromatic rings. The number of hydrogen-bond acceptors (Lipinski definition) is 6. The second-order valence-corrected chi connectivity index (χ2v) is 6.33. The van der Waals surface area contributed by atoms with Crippen molar-refractivity contribution in [2.45, 2.75) is 6.54 Å². The molecule has 2 aliphatic heterocycles. The summed E-state index contributed by atoms with van der Waals surface area (Å²) in [5.41, 5.74) is 0.968. The molecule has 0 aromatic heterocycles. The van der Waals surface area contributed by atoms with Crippen LogP contribution >= 0.6 is 0 Å². The van der Waals surface area contributed by atoms with Gasteiger partial charge in [-0.25, -0.2) is 9.69 Å². The summed E-state index contributed by atoms with van der Waals surface area (Å²) in [4.78, 5) is 51.1. The summed E-state index contributed by atoms with van der Waals surface area (Å²) < 4.78 is 10.8. The van der Waals surface area contributed by atoms with E-state index in [2.05, 4.69) is 0 Å². The lowest BCUT2D eigenvalue weighted by Gasteiger charge is -2.19. The highest BCUT2D eigenvalue weighted by molar-refractivity contribution is 6.45. The van der Waals surface area contributed by atoms with Crippen LogP contribution in [0.2, 0.25) is 0 Å². The average Bonchev–Trinajstić information content (AvgIpc) is 2.92. The maximum Gasteiger partial charge on any atom is 0.334 e. The Morgan fingerprint density at radius 3 is 2.29 bits per heavy atom. The third kappa shape index (κ3) is 3.20. The van der Waals surface area contributed by atoms with Crippen LogP contribution in [-0.2, 0) is 16.1 Å². The van der Waals surface area contributed by atoms with Gasteiger partial charge in [0.2, 0.25) is 0 Å². The van der Waals surface area contributed by atoms with Crippen molar-refractivity contribution in [3.05, 3.63) is 59.7 Å². The number of benzene rings is 2. The molecule has 28 heavy (non-hydrogen) atoms. The van der Waals surface area contributed by atoms with E-state index in [-0.39, 0.29) is 12.1 Å². The van der Waals surface area contributed by atoms with Crippen molar-refractivity contribution in [2.75, 3.05) is 19.8 Å². The lowest BCUT2D eigenvalue weighted by Crippen LogP contribution is -2.36. The first-order valence-corrected chi connectivity index (χ1v) is 8.68. The second kappa shape index (κ2) is 7.15. The number of carbonyl (C=O) groups excluding carboxylic acids is 4. The van der Waals surface area contributed by atoms with E-state index < -0.39 is 30.2 Å². The van der Waals surface area contributed by atoms with Gasteiger partial charge >= 0.3 is 17.8 Å². The fraction of sp³-hybridized carbons (Fsp3) is 0.200. The number of nitrogens with zero attached hydrogens (tertiary/aromatic N) is 2. The number of imide groups is 2. The fourth-order valence-electron chi connectivity index (χ4n) is 3.05. The van der Waals surface area contributed by atoms with Crippen molar-refractivity contribution >= 4 is 23.6 Å². The van der Waals surface area contributed by atoms with Gasteiger partial charge in [0.1, 0.15) is 13.2 Å². The number of hydrogen-bond donors (Lipinski definition) is 0. The molecule has 0 bridgehead atoms. The number of Topliss-reactive ketones (excluding diaryl/α,β-unsaturated/α-hetero) is 1. The minimum atomic E-state index is -1.01. The van der Waals surface area contributed by atoms with Crippen LogP contribution in [0.4, 0.5) is 4.79 Å². The van der Waals surface area contributed by atoms with Crippen molar-refractivity contribution in [2.24, 2.45) is 0 Å². The summed E-state index contributed by atoms with van der Waals surface area (Å²) in [6, 6.07) is 12.7. The van der Waals surface area contributed by atoms with E-state index in [1.807, 2.05) is 0 Å². The predicted molar refractivity (Wildman–Crippen MR) is 95.9 cm³/mol. The molecule has 8 heteroatoms. The smallest absolute Gasteiger partial charge is 0.334 e. The molecular formula is C20H16N2O6. The number of rotatable bonds is 5. The molecule has 142 valence electrons. The second-order valence-electron chi connectivity index (χ2n) is 6.33. The van der Waals surface area contributed by atoms with Gasteiger partial charge in [-0.15, -0.1) is 0 Å². The monoisotopic (exact) mass is 380 g/mol. The number of ether oxygens (including phenoxy) is 2. The van der Waals surface area contributed by atoms with Gasteiger partial charge in [0, 0.05) is 5.56 Å². The van der Waals surface area contributed by atoms with Crippen LogP contribution in [0.1, 0.15) is 15.9 Å². The molecule has 1 fully saturated rings. The van der Waals surface area contributed by atoms with Gasteiger partial charge in [-0.1, -0.05) is 30.3 Å². The Balaban J connectivity index is 1.49. The summed E-state index contributed by atoms with van der Waals surface area (Å²) >= 11 is 0. The van der Waals surface area contributed by atoms with Crippen LogP contribution in [0, 0.1) is 0 Å². The molecule has 0 unspecified atom stereocenters. The van der Waals surface area contributed by atoms with Gasteiger partial charge in [0.25, 0.3) is 0 Å². The molecule has 0 aliphatic carbocycles. The van der Waals surface area contributed by atoms with E-state index in [4.69, 9.17) is 9.47 Å². The van der Waals surface area contributed by atoms with Crippen molar-refractivity contribution in [1.82, 2.24) is 9.80 Å². The summed E-state index contributed by atoms with van der Waals surface area (Å²) in [7, 11) is 0. The molecule has 0 atom stereocenters. The van der Waals surface area contributed by atoms with Gasteiger partial charge in [-0.3, -0.25) is 19.3 Å². The first kappa shape index (κ1) is 17.7. The lowest BCUT2D eigenvalue weighted by molar-refractivity contribution is -0.143. The largest absolute Gasteiger partial charge is 0.486 e. The zero-order valence-electron chi connectivity index (χ0n) is 14.8. The zero-order chi connectivity index (χ0) is 19.7. The van der Waals surface area contributed by atoms with Gasteiger partial charge in [0.05, 0.1) is 13.1 Å². The fourth-order valence-corrected chi connectivity index (χ4v) is 3.05. The molecule has 1 saturated heterocycles. The molecule has 2 aliphatic rings. The van der Waals surface area contributed by atoms with Crippen LogP contribution in [0.3, 0.4) is 0 Å². The summed E-state index contributed by atoms with van der Waals surface area (Å²) in [6.45, 7) is 0.250. The molecular weight excluding hydrogens is 364 g/mol. The SMILES string of the molecule is O=C(CN1C(=O)C(=O)N(Cc2ccccc2)C1=O)c1ccc2c(c1)OCCO2. The van der Waals surface area contributed by atoms with Crippen molar-refractivity contribution in [1.29, 1.82) is 0 Å². The Hall–Kier alpha value is -3.68. The van der Waals surface area contributed by atoms with Crippen LogP contribution in [0.15, 0.2) is 48.5 Å². The molecule has 4 rings (SSSR count). The summed E-state index contributed by atoms with van der Waals surface area (Å²) in [5.74, 6) is -1.47. The molecule has 4 amide bonds. The van der Waals surface area contributed by atoms with E-state index in [0.29, 0.717) is 35.2 Å². The number of urea groups is 1. The first-order valence-electron chi connectivity index (χ1n) is 8.68. The van der Waals surface area contributed by atoms with E-state index in [1.54, 1.807) is 36.4 Å². The third-order valence-electron chi connectivity index (χ3n) is 4.48. The topological polar surface area (TPSA) is 93.2 Å². The highest BCUT2D eigenvalue weighted by Crippen LogP contribution is 2.31. The van der Waals surface area contributed by atoms with Gasteiger partial charge in [0.15, 0.2) is 17.3 Å². The Labute approximate surface area is 160 Å². The molecule has 0 spiro atoms. The quantitative estimate of drug-likeness (QED) is 0.445. The lowest BCUT2D eigenvalue weighted by atomic mass is 10.1. The van der Waals surface area contributed by atoms with Gasteiger partial charge in [-0.2, -0.15) is 0 Å². The molecule has 0 saturated carbocycles. The Morgan fingerprint density at radius 2 is 1.54 bits per heavy atom. The molecule has 0 radical (unpaired) electrons. The summed E-state index contributed by atoms with van der Waals surface area (Å²) in [5, 5.41) is 0. The first-order chi connectivity index (χ1) is 13.5.